The summed E-state index contributed by atoms with van der Waals surface area (Å²) in [5.41, 5.74) is 9.04. The van der Waals surface area contributed by atoms with Gasteiger partial charge in [0.25, 0.3) is 5.91 Å². The fraction of sp³-hybridized carbons (Fsp3) is 0.286. The molecule has 1 unspecified atom stereocenters. The minimum Gasteiger partial charge on any atom is -0.375 e. The number of aryl methyl sites for hydroxylation is 1. The van der Waals surface area contributed by atoms with Crippen molar-refractivity contribution in [3.8, 4) is 0 Å². The molecule has 0 radical (unpaired) electrons. The van der Waals surface area contributed by atoms with E-state index >= 15 is 0 Å². The van der Waals surface area contributed by atoms with Crippen LogP contribution in [0.5, 0.6) is 0 Å². The molecule has 1 atom stereocenters. The van der Waals surface area contributed by atoms with E-state index in [-0.39, 0.29) is 5.91 Å². The topological polar surface area (TPSA) is 68.0 Å². The summed E-state index contributed by atoms with van der Waals surface area (Å²) in [6.45, 7) is 2.48. The van der Waals surface area contributed by atoms with E-state index in [1.165, 1.54) is 22.5 Å². The maximum absolute atomic E-state index is 12.0. The van der Waals surface area contributed by atoms with Crippen molar-refractivity contribution >= 4 is 22.4 Å². The zero-order chi connectivity index (χ0) is 13.4. The summed E-state index contributed by atoms with van der Waals surface area (Å²) in [5.74, 6) is 0.363. The molecule has 0 spiro atoms. The van der Waals surface area contributed by atoms with Crippen molar-refractivity contribution in [1.82, 2.24) is 10.3 Å². The smallest absolute Gasteiger partial charge is 0.263 e. The highest BCUT2D eigenvalue weighted by molar-refractivity contribution is 7.17. The minimum absolute atomic E-state index is 0.0731. The molecule has 0 saturated heterocycles. The van der Waals surface area contributed by atoms with Crippen molar-refractivity contribution in [3.05, 3.63) is 46.0 Å². The van der Waals surface area contributed by atoms with Gasteiger partial charge in [0.15, 0.2) is 5.13 Å². The Balaban J connectivity index is 1.62. The van der Waals surface area contributed by atoms with E-state index in [9.17, 15) is 4.79 Å². The molecule has 3 rings (SSSR count). The van der Waals surface area contributed by atoms with Gasteiger partial charge in [-0.05, 0) is 24.5 Å². The highest BCUT2D eigenvalue weighted by Crippen LogP contribution is 2.34. The van der Waals surface area contributed by atoms with Crippen molar-refractivity contribution in [3.63, 3.8) is 0 Å². The van der Waals surface area contributed by atoms with Crippen molar-refractivity contribution in [2.24, 2.45) is 0 Å². The lowest BCUT2D eigenvalue weighted by Crippen LogP contribution is -2.33. The van der Waals surface area contributed by atoms with Gasteiger partial charge >= 0.3 is 0 Å². The third-order valence-corrected chi connectivity index (χ3v) is 4.47. The Morgan fingerprint density at radius 1 is 1.53 bits per heavy atom. The summed E-state index contributed by atoms with van der Waals surface area (Å²) in [7, 11) is 0. The largest absolute Gasteiger partial charge is 0.375 e. The van der Waals surface area contributed by atoms with Crippen LogP contribution in [0, 0.1) is 6.92 Å². The predicted octanol–water partition coefficient (Wildman–Crippen LogP) is 2.10. The van der Waals surface area contributed by atoms with E-state index in [1.807, 2.05) is 6.07 Å². The fourth-order valence-corrected chi connectivity index (χ4v) is 3.22. The highest BCUT2D eigenvalue weighted by atomic mass is 32.1. The molecule has 19 heavy (non-hydrogen) atoms. The molecule has 0 saturated carbocycles. The Kier molecular flexibility index (Phi) is 2.98. The quantitative estimate of drug-likeness (QED) is 0.900. The molecule has 3 N–H and O–H groups in total. The van der Waals surface area contributed by atoms with Crippen LogP contribution in [0.1, 0.15) is 32.4 Å². The average molecular weight is 273 g/mol. The number of aromatic nitrogens is 1. The number of rotatable bonds is 3. The van der Waals surface area contributed by atoms with Gasteiger partial charge in [-0.25, -0.2) is 4.98 Å². The first-order chi connectivity index (χ1) is 9.15. The van der Waals surface area contributed by atoms with Crippen molar-refractivity contribution in [2.45, 2.75) is 19.3 Å². The molecule has 1 aromatic carbocycles. The second-order valence-electron chi connectivity index (χ2n) is 4.78. The number of nitrogens with zero attached hydrogens (tertiary/aromatic N) is 1. The van der Waals surface area contributed by atoms with E-state index < -0.39 is 0 Å². The summed E-state index contributed by atoms with van der Waals surface area (Å²) < 4.78 is 0. The number of fused-ring (bicyclic) bond motifs is 1. The maximum Gasteiger partial charge on any atom is 0.263 e. The Hall–Kier alpha value is -1.88. The number of carbonyl (C=O) groups excluding carboxylic acids is 1. The molecule has 1 amide bonds. The van der Waals surface area contributed by atoms with Gasteiger partial charge in [0.05, 0.1) is 5.69 Å². The SMILES string of the molecule is Cc1nc(N)sc1C(=O)NCC1Cc2ccccc21. The Morgan fingerprint density at radius 2 is 2.32 bits per heavy atom. The van der Waals surface area contributed by atoms with Crippen LogP contribution in [0.25, 0.3) is 0 Å². The second-order valence-corrected chi connectivity index (χ2v) is 5.81. The molecule has 4 nitrogen and oxygen atoms in total. The molecule has 5 heteroatoms. The summed E-state index contributed by atoms with van der Waals surface area (Å²) in [4.78, 5) is 16.7. The number of anilines is 1. The molecular formula is C14H15N3OS. The molecule has 1 aromatic heterocycles. The number of benzene rings is 1. The first-order valence-electron chi connectivity index (χ1n) is 6.24. The molecule has 1 heterocycles. The lowest BCUT2D eigenvalue weighted by Gasteiger charge is -2.30. The molecule has 0 aliphatic heterocycles. The zero-order valence-electron chi connectivity index (χ0n) is 10.6. The van der Waals surface area contributed by atoms with Crippen LogP contribution < -0.4 is 11.1 Å². The predicted molar refractivity (Wildman–Crippen MR) is 76.5 cm³/mol. The van der Waals surface area contributed by atoms with Gasteiger partial charge in [-0.15, -0.1) is 0 Å². The summed E-state index contributed by atoms with van der Waals surface area (Å²) >= 11 is 1.24. The van der Waals surface area contributed by atoms with Crippen molar-refractivity contribution in [2.75, 3.05) is 12.3 Å². The van der Waals surface area contributed by atoms with Crippen LogP contribution >= 0.6 is 11.3 Å². The third kappa shape index (κ3) is 2.21. The Labute approximate surface area is 115 Å². The maximum atomic E-state index is 12.0. The van der Waals surface area contributed by atoms with E-state index in [0.717, 1.165) is 6.42 Å². The van der Waals surface area contributed by atoms with Crippen LogP contribution in [-0.2, 0) is 6.42 Å². The molecule has 0 bridgehead atoms. The van der Waals surface area contributed by atoms with Gasteiger partial charge in [0.1, 0.15) is 4.88 Å². The summed E-state index contributed by atoms with van der Waals surface area (Å²) in [6.07, 6.45) is 1.04. The monoisotopic (exact) mass is 273 g/mol. The van der Waals surface area contributed by atoms with Crippen molar-refractivity contribution in [1.29, 1.82) is 0 Å². The van der Waals surface area contributed by atoms with Crippen molar-refractivity contribution < 1.29 is 4.79 Å². The molecule has 1 aliphatic rings. The first-order valence-corrected chi connectivity index (χ1v) is 7.05. The molecule has 0 fully saturated rings. The zero-order valence-corrected chi connectivity index (χ0v) is 11.5. The average Bonchev–Trinajstić information content (AvgIpc) is 2.69. The van der Waals surface area contributed by atoms with E-state index in [1.54, 1.807) is 6.92 Å². The summed E-state index contributed by atoms with van der Waals surface area (Å²) in [5, 5.41) is 3.41. The second kappa shape index (κ2) is 4.66. The molecule has 98 valence electrons. The van der Waals surface area contributed by atoms with E-state index in [0.29, 0.717) is 28.2 Å². The van der Waals surface area contributed by atoms with Gasteiger partial charge in [-0.3, -0.25) is 4.79 Å². The van der Waals surface area contributed by atoms with Gasteiger partial charge < -0.3 is 11.1 Å². The van der Waals surface area contributed by atoms with Gasteiger partial charge in [-0.2, -0.15) is 0 Å². The number of hydrogen-bond donors (Lipinski definition) is 2. The number of thiazole rings is 1. The van der Waals surface area contributed by atoms with Crippen LogP contribution in [0.3, 0.4) is 0 Å². The number of nitrogens with two attached hydrogens (primary N) is 1. The Morgan fingerprint density at radius 3 is 3.00 bits per heavy atom. The van der Waals surface area contributed by atoms with E-state index in [4.69, 9.17) is 5.73 Å². The normalized spacial score (nSPS) is 16.6. The van der Waals surface area contributed by atoms with Gasteiger partial charge in [-0.1, -0.05) is 35.6 Å². The standard InChI is InChI=1S/C14H15N3OS/c1-8-12(19-14(15)17-8)13(18)16-7-10-6-9-4-2-3-5-11(9)10/h2-5,10H,6-7H2,1H3,(H2,15,17)(H,16,18). The van der Waals surface area contributed by atoms with Crippen LogP contribution in [0.4, 0.5) is 5.13 Å². The van der Waals surface area contributed by atoms with Crippen LogP contribution in [-0.4, -0.2) is 17.4 Å². The van der Waals surface area contributed by atoms with Gasteiger partial charge in [0.2, 0.25) is 0 Å². The number of hydrogen-bond acceptors (Lipinski definition) is 4. The highest BCUT2D eigenvalue weighted by Gasteiger charge is 2.26. The Bertz CT molecular complexity index is 635. The number of nitrogen functional groups attached to an aromatic ring is 1. The fourth-order valence-electron chi connectivity index (χ4n) is 2.47. The molecular weight excluding hydrogens is 258 g/mol. The number of amides is 1. The lowest BCUT2D eigenvalue weighted by atomic mass is 9.77. The summed E-state index contributed by atoms with van der Waals surface area (Å²) in [6, 6.07) is 8.37. The number of nitrogens with one attached hydrogen (secondary N) is 1. The van der Waals surface area contributed by atoms with Crippen LogP contribution in [0.2, 0.25) is 0 Å². The molecule has 1 aliphatic carbocycles. The number of carbonyl (C=O) groups is 1. The molecule has 2 aromatic rings. The minimum atomic E-state index is -0.0731. The van der Waals surface area contributed by atoms with Gasteiger partial charge in [0, 0.05) is 12.5 Å². The van der Waals surface area contributed by atoms with Crippen LogP contribution in [0.15, 0.2) is 24.3 Å². The van der Waals surface area contributed by atoms with E-state index in [2.05, 4.69) is 28.5 Å². The lowest BCUT2D eigenvalue weighted by molar-refractivity contribution is 0.0953. The first kappa shape index (κ1) is 12.2. The third-order valence-electron chi connectivity index (χ3n) is 3.49.